The summed E-state index contributed by atoms with van der Waals surface area (Å²) in [5, 5.41) is 22.6. The van der Waals surface area contributed by atoms with Gasteiger partial charge >= 0.3 is 0 Å². The minimum absolute atomic E-state index is 0.00687. The van der Waals surface area contributed by atoms with Gasteiger partial charge in [0.25, 0.3) is 5.91 Å². The smallest absolute Gasteiger partial charge is 0.255 e. The zero-order valence-corrected chi connectivity index (χ0v) is 13.0. The number of benzene rings is 1. The number of halogens is 1. The van der Waals surface area contributed by atoms with Crippen LogP contribution >= 0.6 is 15.9 Å². The summed E-state index contributed by atoms with van der Waals surface area (Å²) in [6.07, 6.45) is 0.800. The van der Waals surface area contributed by atoms with Gasteiger partial charge in [-0.25, -0.2) is 0 Å². The van der Waals surface area contributed by atoms with Gasteiger partial charge in [-0.2, -0.15) is 0 Å². The summed E-state index contributed by atoms with van der Waals surface area (Å²) in [6.45, 7) is 6.16. The molecule has 5 heteroatoms. The quantitative estimate of drug-likeness (QED) is 0.743. The Balaban J connectivity index is 2.88. The molecule has 0 fully saturated rings. The number of phenols is 2. The Kier molecular flexibility index (Phi) is 5.23. The molecule has 106 valence electrons. The third-order valence-electron chi connectivity index (χ3n) is 2.97. The maximum absolute atomic E-state index is 12.1. The first-order valence-corrected chi connectivity index (χ1v) is 7.26. The second kappa shape index (κ2) is 6.28. The van der Waals surface area contributed by atoms with Crippen LogP contribution in [0.1, 0.15) is 37.6 Å². The number of alkyl halides is 1. The van der Waals surface area contributed by atoms with E-state index in [0.717, 1.165) is 17.8 Å². The molecular formula is C14H20BrNO3. The van der Waals surface area contributed by atoms with Crippen molar-refractivity contribution in [3.63, 3.8) is 0 Å². The predicted octanol–water partition coefficient (Wildman–Crippen LogP) is 3.03. The SMILES string of the molecule is CC(C)(C)C(CCBr)NC(=O)c1ccc(O)cc1O. The lowest BCUT2D eigenvalue weighted by Gasteiger charge is -2.31. The molecule has 0 saturated heterocycles. The third-order valence-corrected chi connectivity index (χ3v) is 3.43. The van der Waals surface area contributed by atoms with Gasteiger partial charge < -0.3 is 15.5 Å². The van der Waals surface area contributed by atoms with Crippen molar-refractivity contribution < 1.29 is 15.0 Å². The Hall–Kier alpha value is -1.23. The van der Waals surface area contributed by atoms with Crippen molar-refractivity contribution in [2.45, 2.75) is 33.2 Å². The van der Waals surface area contributed by atoms with Crippen molar-refractivity contribution in [1.82, 2.24) is 5.32 Å². The molecule has 0 aromatic heterocycles. The van der Waals surface area contributed by atoms with Crippen LogP contribution in [0, 0.1) is 5.41 Å². The molecule has 1 amide bonds. The van der Waals surface area contributed by atoms with Gasteiger partial charge in [-0.1, -0.05) is 36.7 Å². The fraction of sp³-hybridized carbons (Fsp3) is 0.500. The van der Waals surface area contributed by atoms with Crippen LogP contribution in [0.2, 0.25) is 0 Å². The van der Waals surface area contributed by atoms with E-state index in [-0.39, 0.29) is 34.4 Å². The van der Waals surface area contributed by atoms with Gasteiger partial charge in [-0.15, -0.1) is 0 Å². The minimum atomic E-state index is -0.335. The van der Waals surface area contributed by atoms with Gasteiger partial charge in [0.05, 0.1) is 5.56 Å². The average molecular weight is 330 g/mol. The summed E-state index contributed by atoms with van der Waals surface area (Å²) < 4.78 is 0. The zero-order chi connectivity index (χ0) is 14.6. The first-order valence-electron chi connectivity index (χ1n) is 6.14. The number of phenolic OH excluding ortho intramolecular Hbond substituents is 2. The maximum atomic E-state index is 12.1. The summed E-state index contributed by atoms with van der Waals surface area (Å²) in [6, 6.07) is 3.94. The Morgan fingerprint density at radius 2 is 2.00 bits per heavy atom. The summed E-state index contributed by atoms with van der Waals surface area (Å²) in [4.78, 5) is 12.1. The van der Waals surface area contributed by atoms with Crippen molar-refractivity contribution in [3.8, 4) is 11.5 Å². The number of hydrogen-bond acceptors (Lipinski definition) is 3. The summed E-state index contributed by atoms with van der Waals surface area (Å²) in [5.74, 6) is -0.621. The van der Waals surface area contributed by atoms with E-state index in [2.05, 4.69) is 42.0 Å². The largest absolute Gasteiger partial charge is 0.508 e. The van der Waals surface area contributed by atoms with Gasteiger partial charge in [-0.05, 0) is 24.0 Å². The lowest BCUT2D eigenvalue weighted by molar-refractivity contribution is 0.0898. The van der Waals surface area contributed by atoms with Crippen molar-refractivity contribution >= 4 is 21.8 Å². The number of rotatable bonds is 4. The molecule has 0 radical (unpaired) electrons. The van der Waals surface area contributed by atoms with E-state index in [1.54, 1.807) is 0 Å². The molecule has 1 atom stereocenters. The van der Waals surface area contributed by atoms with Crippen LogP contribution in [0.15, 0.2) is 18.2 Å². The Labute approximate surface area is 122 Å². The van der Waals surface area contributed by atoms with Gasteiger partial charge in [-0.3, -0.25) is 4.79 Å². The van der Waals surface area contributed by atoms with E-state index < -0.39 is 0 Å². The normalized spacial score (nSPS) is 13.1. The van der Waals surface area contributed by atoms with Crippen LogP contribution < -0.4 is 5.32 Å². The van der Waals surface area contributed by atoms with Crippen LogP contribution in [-0.2, 0) is 0 Å². The van der Waals surface area contributed by atoms with Gasteiger partial charge in [0.15, 0.2) is 0 Å². The molecule has 0 aliphatic heterocycles. The van der Waals surface area contributed by atoms with Crippen molar-refractivity contribution in [2.75, 3.05) is 5.33 Å². The van der Waals surface area contributed by atoms with E-state index in [0.29, 0.717) is 0 Å². The van der Waals surface area contributed by atoms with E-state index in [9.17, 15) is 15.0 Å². The number of carbonyl (C=O) groups is 1. The van der Waals surface area contributed by atoms with Crippen molar-refractivity contribution in [2.24, 2.45) is 5.41 Å². The number of amides is 1. The molecule has 0 bridgehead atoms. The van der Waals surface area contributed by atoms with E-state index >= 15 is 0 Å². The van der Waals surface area contributed by atoms with E-state index in [1.165, 1.54) is 12.1 Å². The molecule has 0 aliphatic carbocycles. The first kappa shape index (κ1) is 15.8. The second-order valence-electron chi connectivity index (χ2n) is 5.57. The monoisotopic (exact) mass is 329 g/mol. The number of carbonyl (C=O) groups excluding carboxylic acids is 1. The minimum Gasteiger partial charge on any atom is -0.508 e. The predicted molar refractivity (Wildman–Crippen MR) is 78.9 cm³/mol. The first-order chi connectivity index (χ1) is 8.75. The molecule has 1 aromatic carbocycles. The van der Waals surface area contributed by atoms with Gasteiger partial charge in [0, 0.05) is 17.4 Å². The molecule has 0 aliphatic rings. The standard InChI is InChI=1S/C14H20BrNO3/c1-14(2,3)12(6-7-15)16-13(19)10-5-4-9(17)8-11(10)18/h4-5,8,12,17-18H,6-7H2,1-3H3,(H,16,19). The molecule has 1 aromatic rings. The molecule has 1 rings (SSSR count). The van der Waals surface area contributed by atoms with Crippen LogP contribution in [0.25, 0.3) is 0 Å². The van der Waals surface area contributed by atoms with Gasteiger partial charge in [0.2, 0.25) is 0 Å². The number of hydrogen-bond donors (Lipinski definition) is 3. The Morgan fingerprint density at radius 1 is 1.37 bits per heavy atom. The average Bonchev–Trinajstić information content (AvgIpc) is 2.26. The molecule has 0 saturated carbocycles. The van der Waals surface area contributed by atoms with Crippen molar-refractivity contribution in [3.05, 3.63) is 23.8 Å². The molecular weight excluding hydrogens is 310 g/mol. The van der Waals surface area contributed by atoms with Crippen LogP contribution in [0.4, 0.5) is 0 Å². The molecule has 1 unspecified atom stereocenters. The fourth-order valence-corrected chi connectivity index (χ4v) is 2.24. The summed E-state index contributed by atoms with van der Waals surface area (Å²) >= 11 is 3.38. The lowest BCUT2D eigenvalue weighted by Crippen LogP contribution is -2.44. The second-order valence-corrected chi connectivity index (χ2v) is 6.36. The van der Waals surface area contributed by atoms with Crippen molar-refractivity contribution in [1.29, 1.82) is 0 Å². The highest BCUT2D eigenvalue weighted by Gasteiger charge is 2.26. The molecule has 4 nitrogen and oxygen atoms in total. The summed E-state index contributed by atoms with van der Waals surface area (Å²) in [7, 11) is 0. The van der Waals surface area contributed by atoms with E-state index in [4.69, 9.17) is 0 Å². The highest BCUT2D eigenvalue weighted by Crippen LogP contribution is 2.25. The van der Waals surface area contributed by atoms with Crippen LogP contribution in [0.3, 0.4) is 0 Å². The Morgan fingerprint density at radius 3 is 2.47 bits per heavy atom. The lowest BCUT2D eigenvalue weighted by atomic mass is 9.85. The highest BCUT2D eigenvalue weighted by atomic mass is 79.9. The van der Waals surface area contributed by atoms with E-state index in [1.807, 2.05) is 0 Å². The third kappa shape index (κ3) is 4.42. The molecule has 19 heavy (non-hydrogen) atoms. The van der Waals surface area contributed by atoms with Gasteiger partial charge in [0.1, 0.15) is 11.5 Å². The zero-order valence-electron chi connectivity index (χ0n) is 11.4. The molecule has 3 N–H and O–H groups in total. The molecule has 0 spiro atoms. The van der Waals surface area contributed by atoms with Crippen LogP contribution in [-0.4, -0.2) is 27.5 Å². The number of nitrogens with one attached hydrogen (secondary N) is 1. The topological polar surface area (TPSA) is 69.6 Å². The summed E-state index contributed by atoms with van der Waals surface area (Å²) in [5.41, 5.74) is 0.0947. The fourth-order valence-electron chi connectivity index (χ4n) is 1.78. The number of aromatic hydroxyl groups is 2. The maximum Gasteiger partial charge on any atom is 0.255 e. The Bertz CT molecular complexity index is 454. The molecule has 0 heterocycles. The van der Waals surface area contributed by atoms with Crippen LogP contribution in [0.5, 0.6) is 11.5 Å². The highest BCUT2D eigenvalue weighted by molar-refractivity contribution is 9.09.